The summed E-state index contributed by atoms with van der Waals surface area (Å²) in [5, 5.41) is 0.735. The van der Waals surface area contributed by atoms with Crippen LogP contribution in [0.4, 0.5) is 5.69 Å². The number of piperazine rings is 1. The van der Waals surface area contributed by atoms with Gasteiger partial charge in [-0.3, -0.25) is 4.79 Å². The number of hydrogen-bond acceptors (Lipinski definition) is 3. The number of nitrogens with zero attached hydrogens (tertiary/aromatic N) is 4. The van der Waals surface area contributed by atoms with Crippen LogP contribution < -0.4 is 4.90 Å². The van der Waals surface area contributed by atoms with Gasteiger partial charge in [0.2, 0.25) is 5.91 Å². The fourth-order valence-corrected chi connectivity index (χ4v) is 4.87. The van der Waals surface area contributed by atoms with E-state index in [1.165, 1.54) is 5.56 Å². The minimum Gasteiger partial charge on any atom is -0.368 e. The lowest BCUT2D eigenvalue weighted by Gasteiger charge is -2.43. The summed E-state index contributed by atoms with van der Waals surface area (Å²) in [6, 6.07) is 28.6. The number of halogens is 1. The summed E-state index contributed by atoms with van der Waals surface area (Å²) in [6.07, 6.45) is 5.12. The molecule has 1 saturated heterocycles. The van der Waals surface area contributed by atoms with E-state index in [1.54, 1.807) is 0 Å². The van der Waals surface area contributed by atoms with Gasteiger partial charge in [-0.15, -0.1) is 0 Å². The normalized spacial score (nSPS) is 15.9. The molecule has 1 aliphatic heterocycles. The molecule has 0 radical (unpaired) electrons. The van der Waals surface area contributed by atoms with Crippen molar-refractivity contribution in [3.63, 3.8) is 0 Å². The largest absolute Gasteiger partial charge is 0.368 e. The molecule has 6 heteroatoms. The molecule has 1 aliphatic rings. The van der Waals surface area contributed by atoms with Gasteiger partial charge in [0.05, 0.1) is 18.1 Å². The lowest BCUT2D eigenvalue weighted by molar-refractivity contribution is -0.134. The molecule has 5 rings (SSSR count). The maximum atomic E-state index is 13.4. The van der Waals surface area contributed by atoms with Crippen molar-refractivity contribution < 1.29 is 4.79 Å². The van der Waals surface area contributed by atoms with Gasteiger partial charge in [0.1, 0.15) is 0 Å². The van der Waals surface area contributed by atoms with Gasteiger partial charge in [0, 0.05) is 55.1 Å². The molecular weight excluding hydrogens is 456 g/mol. The highest BCUT2D eigenvalue weighted by Crippen LogP contribution is 2.24. The fraction of sp³-hybridized carbons (Fsp3) is 0.241. The van der Waals surface area contributed by atoms with Crippen molar-refractivity contribution in [3.8, 4) is 11.3 Å². The number of imidazole rings is 1. The Hall–Kier alpha value is -3.57. The van der Waals surface area contributed by atoms with Crippen molar-refractivity contribution in [2.24, 2.45) is 0 Å². The Bertz CT molecular complexity index is 1240. The molecule has 3 aromatic carbocycles. The summed E-state index contributed by atoms with van der Waals surface area (Å²) in [6.45, 7) is 2.93. The Balaban J connectivity index is 1.27. The van der Waals surface area contributed by atoms with E-state index in [9.17, 15) is 4.79 Å². The van der Waals surface area contributed by atoms with E-state index in [4.69, 9.17) is 11.6 Å². The first kappa shape index (κ1) is 23.2. The van der Waals surface area contributed by atoms with Crippen LogP contribution in [0.1, 0.15) is 12.0 Å². The molecular formula is C29H29ClN4O. The summed E-state index contributed by atoms with van der Waals surface area (Å²) in [4.78, 5) is 22.3. The van der Waals surface area contributed by atoms with Crippen molar-refractivity contribution >= 4 is 23.2 Å². The average molecular weight is 485 g/mol. The van der Waals surface area contributed by atoms with Crippen molar-refractivity contribution in [1.82, 2.24) is 14.5 Å². The number of carbonyl (C=O) groups is 1. The number of carbonyl (C=O) groups excluding carboxylic acids is 1. The lowest BCUT2D eigenvalue weighted by atomic mass is 10.0. The number of hydrogen-bond donors (Lipinski definition) is 0. The van der Waals surface area contributed by atoms with Crippen LogP contribution in [0, 0.1) is 0 Å². The number of benzene rings is 3. The molecule has 1 aromatic heterocycles. The van der Waals surface area contributed by atoms with Gasteiger partial charge in [-0.1, -0.05) is 72.3 Å². The quantitative estimate of drug-likeness (QED) is 0.345. The molecule has 2 heterocycles. The third kappa shape index (κ3) is 5.75. The van der Waals surface area contributed by atoms with E-state index in [1.807, 2.05) is 65.6 Å². The van der Waals surface area contributed by atoms with Crippen molar-refractivity contribution in [1.29, 1.82) is 0 Å². The van der Waals surface area contributed by atoms with E-state index in [0.29, 0.717) is 19.5 Å². The summed E-state index contributed by atoms with van der Waals surface area (Å²) in [5.74, 6) is 0.191. The van der Waals surface area contributed by atoms with E-state index in [-0.39, 0.29) is 11.9 Å². The standard InChI is InChI=1S/C29H29ClN4O/c30-25-11-13-26(14-12-25)33-17-18-34(27(20-33)19-23-7-3-1-4-8-23)29(35)15-16-32-21-28(31-22-32)24-9-5-2-6-10-24/h1-14,21-22,27H,15-20H2. The average Bonchev–Trinajstić information content (AvgIpc) is 3.38. The van der Waals surface area contributed by atoms with Crippen molar-refractivity contribution in [2.75, 3.05) is 24.5 Å². The Morgan fingerprint density at radius 3 is 2.37 bits per heavy atom. The predicted octanol–water partition coefficient (Wildman–Crippen LogP) is 5.55. The number of aryl methyl sites for hydroxylation is 1. The minimum absolute atomic E-state index is 0.108. The topological polar surface area (TPSA) is 41.4 Å². The van der Waals surface area contributed by atoms with Crippen LogP contribution in [0.25, 0.3) is 11.3 Å². The van der Waals surface area contributed by atoms with Gasteiger partial charge in [-0.2, -0.15) is 0 Å². The number of amides is 1. The van der Waals surface area contributed by atoms with Crippen molar-refractivity contribution in [2.45, 2.75) is 25.4 Å². The van der Waals surface area contributed by atoms with Crippen LogP contribution in [-0.4, -0.2) is 46.0 Å². The van der Waals surface area contributed by atoms with Crippen LogP contribution in [0.3, 0.4) is 0 Å². The Kier molecular flexibility index (Phi) is 7.15. The molecule has 0 bridgehead atoms. The van der Waals surface area contributed by atoms with Gasteiger partial charge >= 0.3 is 0 Å². The lowest BCUT2D eigenvalue weighted by Crippen LogP contribution is -2.56. The van der Waals surface area contributed by atoms with E-state index < -0.39 is 0 Å². The monoisotopic (exact) mass is 484 g/mol. The first-order valence-electron chi connectivity index (χ1n) is 12.1. The molecule has 35 heavy (non-hydrogen) atoms. The first-order chi connectivity index (χ1) is 17.2. The first-order valence-corrected chi connectivity index (χ1v) is 12.4. The SMILES string of the molecule is O=C(CCn1cnc(-c2ccccc2)c1)N1CCN(c2ccc(Cl)cc2)CC1Cc1ccccc1. The van der Waals surface area contributed by atoms with Gasteiger partial charge in [0.15, 0.2) is 0 Å². The summed E-state index contributed by atoms with van der Waals surface area (Å²) in [7, 11) is 0. The molecule has 1 amide bonds. The van der Waals surface area contributed by atoms with E-state index >= 15 is 0 Å². The van der Waals surface area contributed by atoms with E-state index in [2.05, 4.69) is 51.2 Å². The second kappa shape index (κ2) is 10.8. The molecule has 1 unspecified atom stereocenters. The zero-order valence-electron chi connectivity index (χ0n) is 19.6. The molecule has 0 spiro atoms. The second-order valence-electron chi connectivity index (χ2n) is 8.97. The highest BCUT2D eigenvalue weighted by molar-refractivity contribution is 6.30. The van der Waals surface area contributed by atoms with Crippen molar-refractivity contribution in [3.05, 3.63) is 108 Å². The highest BCUT2D eigenvalue weighted by atomic mass is 35.5. The Labute approximate surface area is 211 Å². The van der Waals surface area contributed by atoms with Gasteiger partial charge in [-0.05, 0) is 36.2 Å². The highest BCUT2D eigenvalue weighted by Gasteiger charge is 2.30. The fourth-order valence-electron chi connectivity index (χ4n) is 4.74. The van der Waals surface area contributed by atoms with E-state index in [0.717, 1.165) is 41.5 Å². The van der Waals surface area contributed by atoms with Crippen LogP contribution >= 0.6 is 11.6 Å². The van der Waals surface area contributed by atoms with Gasteiger partial charge in [0.25, 0.3) is 0 Å². The number of aromatic nitrogens is 2. The molecule has 0 aliphatic carbocycles. The summed E-state index contributed by atoms with van der Waals surface area (Å²) < 4.78 is 2.01. The number of rotatable bonds is 7. The number of anilines is 1. The Morgan fingerprint density at radius 1 is 0.914 bits per heavy atom. The maximum Gasteiger partial charge on any atom is 0.224 e. The van der Waals surface area contributed by atoms with Crippen LogP contribution in [0.5, 0.6) is 0 Å². The minimum atomic E-state index is 0.108. The van der Waals surface area contributed by atoms with Crippen LogP contribution in [0.15, 0.2) is 97.5 Å². The molecule has 1 fully saturated rings. The predicted molar refractivity (Wildman–Crippen MR) is 142 cm³/mol. The second-order valence-corrected chi connectivity index (χ2v) is 9.40. The third-order valence-electron chi connectivity index (χ3n) is 6.60. The molecule has 0 N–H and O–H groups in total. The Morgan fingerprint density at radius 2 is 1.63 bits per heavy atom. The molecule has 4 aromatic rings. The summed E-state index contributed by atoms with van der Waals surface area (Å²) >= 11 is 6.10. The molecule has 5 nitrogen and oxygen atoms in total. The van der Waals surface area contributed by atoms with Crippen LogP contribution in [-0.2, 0) is 17.8 Å². The molecule has 178 valence electrons. The molecule has 0 saturated carbocycles. The third-order valence-corrected chi connectivity index (χ3v) is 6.85. The summed E-state index contributed by atoms with van der Waals surface area (Å²) in [5.41, 5.74) is 4.40. The smallest absolute Gasteiger partial charge is 0.224 e. The maximum absolute atomic E-state index is 13.4. The van der Waals surface area contributed by atoms with Crippen LogP contribution in [0.2, 0.25) is 5.02 Å². The van der Waals surface area contributed by atoms with Gasteiger partial charge < -0.3 is 14.4 Å². The van der Waals surface area contributed by atoms with Gasteiger partial charge in [-0.25, -0.2) is 4.98 Å². The zero-order chi connectivity index (χ0) is 24.0. The molecule has 1 atom stereocenters. The zero-order valence-corrected chi connectivity index (χ0v) is 20.4.